The summed E-state index contributed by atoms with van der Waals surface area (Å²) < 4.78 is 13.1. The molecule has 292 valence electrons. The molecule has 56 heavy (non-hydrogen) atoms. The molecule has 0 radical (unpaired) electrons. The van der Waals surface area contributed by atoms with Gasteiger partial charge in [0.05, 0.1) is 31.2 Å². The Morgan fingerprint density at radius 3 is 1.96 bits per heavy atom. The normalized spacial score (nSPS) is 13.7. The molecule has 0 aliphatic heterocycles. The first-order valence-corrected chi connectivity index (χ1v) is 20.9. The number of Topliss-reactive ketones (excluding diaryl/α,β-unsaturated/α-hetero) is 2. The fraction of sp³-hybridized carbons (Fsp3) is 0.312. The fourth-order valence-electron chi connectivity index (χ4n) is 7.68. The van der Waals surface area contributed by atoms with Gasteiger partial charge in [-0.05, 0) is 78.9 Å². The van der Waals surface area contributed by atoms with Crippen LogP contribution in [-0.2, 0) is 11.8 Å². The zero-order valence-electron chi connectivity index (χ0n) is 33.5. The van der Waals surface area contributed by atoms with Crippen LogP contribution in [0.3, 0.4) is 0 Å². The van der Waals surface area contributed by atoms with Gasteiger partial charge in [0.25, 0.3) is 0 Å². The number of fused-ring (bicyclic) bond motifs is 4. The summed E-state index contributed by atoms with van der Waals surface area (Å²) in [5, 5.41) is 0. The van der Waals surface area contributed by atoms with Gasteiger partial charge in [-0.1, -0.05) is 126 Å². The summed E-state index contributed by atoms with van der Waals surface area (Å²) in [6.45, 7) is 6.12. The van der Waals surface area contributed by atoms with Crippen LogP contribution in [0.5, 0.6) is 11.5 Å². The SMILES string of the molecule is CC(=O)c1cccc(Br)c1.CCCCC1(CCCC)c2ccc(-c3cccc(Br)c3)nc2-c2c(OC)cccc21.COc1cccc2c1C(=O)/C(=C/N(C)C)C2. The molecule has 0 saturated heterocycles. The highest BCUT2D eigenvalue weighted by Gasteiger charge is 2.44. The summed E-state index contributed by atoms with van der Waals surface area (Å²) >= 11 is 6.88. The molecule has 7 rings (SSSR count). The lowest BCUT2D eigenvalue weighted by Gasteiger charge is -2.32. The first-order valence-electron chi connectivity index (χ1n) is 19.3. The molecular formula is C48H52Br2N2O4. The number of ether oxygens (including phenoxy) is 2. The zero-order chi connectivity index (χ0) is 40.4. The molecule has 0 spiro atoms. The van der Waals surface area contributed by atoms with Crippen molar-refractivity contribution in [1.29, 1.82) is 0 Å². The first-order chi connectivity index (χ1) is 27.0. The number of carbonyl (C=O) groups is 2. The Morgan fingerprint density at radius 2 is 1.39 bits per heavy atom. The monoisotopic (exact) mass is 878 g/mol. The van der Waals surface area contributed by atoms with Gasteiger partial charge in [-0.2, -0.15) is 0 Å². The number of aromatic nitrogens is 1. The van der Waals surface area contributed by atoms with Crippen LogP contribution in [0.2, 0.25) is 0 Å². The van der Waals surface area contributed by atoms with Crippen molar-refractivity contribution in [1.82, 2.24) is 9.88 Å². The maximum atomic E-state index is 12.1. The lowest BCUT2D eigenvalue weighted by Crippen LogP contribution is -2.25. The number of halogens is 2. The van der Waals surface area contributed by atoms with Crippen molar-refractivity contribution in [2.45, 2.75) is 71.1 Å². The van der Waals surface area contributed by atoms with Crippen LogP contribution in [0, 0.1) is 0 Å². The number of nitrogens with zero attached hydrogens (tertiary/aromatic N) is 2. The zero-order valence-corrected chi connectivity index (χ0v) is 36.7. The fourth-order valence-corrected chi connectivity index (χ4v) is 8.47. The molecule has 1 aromatic heterocycles. The molecule has 6 nitrogen and oxygen atoms in total. The molecule has 2 aliphatic carbocycles. The minimum atomic E-state index is 0.0357. The Morgan fingerprint density at radius 1 is 0.786 bits per heavy atom. The van der Waals surface area contributed by atoms with Crippen molar-refractivity contribution < 1.29 is 19.1 Å². The standard InChI is InChI=1S/C27H30BrNO.C13H15NO2.C8H7BrO/c1-4-6-16-27(17-7-5-2)21-12-9-13-24(30-3)25(21)26-22(27)14-15-23(29-26)19-10-8-11-20(28)18-19;1-14(2)8-10-7-9-5-4-6-11(16-3)12(9)13(10)15;1-6(10)7-3-2-4-8(9)5-7/h8-15,18H,4-7,16-17H2,1-3H3;4-6,8H,7H2,1-3H3;2-5H,1H3/b;10-8+;. The topological polar surface area (TPSA) is 68.7 Å². The number of rotatable bonds is 11. The van der Waals surface area contributed by atoms with E-state index in [1.807, 2.05) is 61.6 Å². The van der Waals surface area contributed by atoms with Crippen molar-refractivity contribution in [2.24, 2.45) is 0 Å². The summed E-state index contributed by atoms with van der Waals surface area (Å²) in [4.78, 5) is 30.0. The van der Waals surface area contributed by atoms with Crippen LogP contribution in [-0.4, -0.2) is 49.8 Å². The Bertz CT molecular complexity index is 2200. The van der Waals surface area contributed by atoms with E-state index in [1.54, 1.807) is 27.2 Å². The van der Waals surface area contributed by atoms with E-state index < -0.39 is 0 Å². The summed E-state index contributed by atoms with van der Waals surface area (Å²) in [6, 6.07) is 32.5. The quantitative estimate of drug-likeness (QED) is 0.0972. The highest BCUT2D eigenvalue weighted by Crippen LogP contribution is 2.56. The molecule has 0 saturated carbocycles. The van der Waals surface area contributed by atoms with Gasteiger partial charge in [0.2, 0.25) is 0 Å². The third kappa shape index (κ3) is 9.52. The highest BCUT2D eigenvalue weighted by atomic mass is 79.9. The van der Waals surface area contributed by atoms with Crippen molar-refractivity contribution in [3.8, 4) is 34.0 Å². The predicted octanol–water partition coefficient (Wildman–Crippen LogP) is 12.7. The van der Waals surface area contributed by atoms with Crippen molar-refractivity contribution >= 4 is 43.4 Å². The Kier molecular flexibility index (Phi) is 14.9. The number of hydrogen-bond donors (Lipinski definition) is 0. The average molecular weight is 881 g/mol. The molecule has 0 bridgehead atoms. The maximum Gasteiger partial charge on any atom is 0.194 e. The number of allylic oxidation sites excluding steroid dienone is 1. The maximum absolute atomic E-state index is 12.1. The lowest BCUT2D eigenvalue weighted by molar-refractivity contribution is 0.101. The molecule has 0 atom stereocenters. The molecular weight excluding hydrogens is 828 g/mol. The number of methoxy groups -OCH3 is 2. The van der Waals surface area contributed by atoms with E-state index in [1.165, 1.54) is 42.4 Å². The first kappa shape index (κ1) is 42.6. The third-order valence-electron chi connectivity index (χ3n) is 10.3. The Balaban J connectivity index is 0.000000191. The second-order valence-electron chi connectivity index (χ2n) is 14.5. The minimum absolute atomic E-state index is 0.0357. The molecule has 0 amide bonds. The highest BCUT2D eigenvalue weighted by molar-refractivity contribution is 9.10. The number of ketones is 2. The number of hydrogen-bond acceptors (Lipinski definition) is 6. The van der Waals surface area contributed by atoms with Crippen molar-refractivity contribution in [3.05, 3.63) is 146 Å². The summed E-state index contributed by atoms with van der Waals surface area (Å²) in [6.07, 6.45) is 9.73. The third-order valence-corrected chi connectivity index (χ3v) is 11.3. The predicted molar refractivity (Wildman–Crippen MR) is 236 cm³/mol. The van der Waals surface area contributed by atoms with Crippen molar-refractivity contribution in [2.75, 3.05) is 28.3 Å². The van der Waals surface area contributed by atoms with Gasteiger partial charge in [-0.3, -0.25) is 9.59 Å². The van der Waals surface area contributed by atoms with Crippen LogP contribution in [0.4, 0.5) is 0 Å². The Hall–Kier alpha value is -4.53. The molecule has 1 heterocycles. The van der Waals surface area contributed by atoms with Crippen LogP contribution in [0.1, 0.15) is 96.7 Å². The minimum Gasteiger partial charge on any atom is -0.496 e. The largest absolute Gasteiger partial charge is 0.496 e. The number of unbranched alkanes of at least 4 members (excludes halogenated alkanes) is 2. The molecule has 5 aromatic rings. The van der Waals surface area contributed by atoms with Gasteiger partial charge < -0.3 is 14.4 Å². The summed E-state index contributed by atoms with van der Waals surface area (Å²) in [7, 11) is 7.20. The van der Waals surface area contributed by atoms with E-state index in [9.17, 15) is 9.59 Å². The van der Waals surface area contributed by atoms with Crippen LogP contribution >= 0.6 is 31.9 Å². The molecule has 4 aromatic carbocycles. The Labute approximate surface area is 349 Å². The van der Waals surface area contributed by atoms with Gasteiger partial charge in [0, 0.05) is 63.3 Å². The van der Waals surface area contributed by atoms with E-state index in [0.29, 0.717) is 12.2 Å². The number of pyridine rings is 1. The van der Waals surface area contributed by atoms with E-state index in [-0.39, 0.29) is 17.0 Å². The molecule has 0 unspecified atom stereocenters. The van der Waals surface area contributed by atoms with Crippen molar-refractivity contribution in [3.63, 3.8) is 0 Å². The van der Waals surface area contributed by atoms with Gasteiger partial charge in [0.15, 0.2) is 11.6 Å². The molecule has 0 N–H and O–H groups in total. The number of carbonyl (C=O) groups excluding carboxylic acids is 2. The van der Waals surface area contributed by atoms with E-state index >= 15 is 0 Å². The van der Waals surface area contributed by atoms with Crippen LogP contribution in [0.15, 0.2) is 118 Å². The molecule has 0 fully saturated rings. The van der Waals surface area contributed by atoms with Crippen LogP contribution in [0.25, 0.3) is 22.5 Å². The lowest BCUT2D eigenvalue weighted by atomic mass is 9.71. The van der Waals surface area contributed by atoms with E-state index in [2.05, 4.69) is 100 Å². The van der Waals surface area contributed by atoms with Gasteiger partial charge in [-0.25, -0.2) is 4.98 Å². The van der Waals surface area contributed by atoms with Gasteiger partial charge >= 0.3 is 0 Å². The van der Waals surface area contributed by atoms with Gasteiger partial charge in [-0.15, -0.1) is 0 Å². The van der Waals surface area contributed by atoms with E-state index in [0.717, 1.165) is 66.8 Å². The van der Waals surface area contributed by atoms with Crippen LogP contribution < -0.4 is 9.47 Å². The van der Waals surface area contributed by atoms with E-state index in [4.69, 9.17) is 14.5 Å². The second-order valence-corrected chi connectivity index (χ2v) is 16.3. The molecule has 2 aliphatic rings. The summed E-state index contributed by atoms with van der Waals surface area (Å²) in [5.41, 5.74) is 10.6. The smallest absolute Gasteiger partial charge is 0.194 e. The molecule has 8 heteroatoms. The number of benzene rings is 4. The van der Waals surface area contributed by atoms with Gasteiger partial charge in [0.1, 0.15) is 11.5 Å². The second kappa shape index (κ2) is 19.6. The summed E-state index contributed by atoms with van der Waals surface area (Å²) in [5.74, 6) is 1.79. The average Bonchev–Trinajstić information content (AvgIpc) is 3.66.